The van der Waals surface area contributed by atoms with E-state index in [-0.39, 0.29) is 15.8 Å². The van der Waals surface area contributed by atoms with Crippen molar-refractivity contribution < 1.29 is 0 Å². The molecule has 3 aliphatic rings. The third-order valence-corrected chi connectivity index (χ3v) is 16.1. The van der Waals surface area contributed by atoms with Crippen LogP contribution in [0, 0.1) is 5.92 Å². The summed E-state index contributed by atoms with van der Waals surface area (Å²) >= 11 is 0. The summed E-state index contributed by atoms with van der Waals surface area (Å²) in [6.45, 7) is 2.75. The Hall–Kier alpha value is -0.700. The van der Waals surface area contributed by atoms with Crippen molar-refractivity contribution in [2.45, 2.75) is 113 Å². The van der Waals surface area contributed by atoms with Crippen molar-refractivity contribution in [3.8, 4) is 0 Å². The minimum absolute atomic E-state index is 0.152. The minimum atomic E-state index is -0.273. The van der Waals surface area contributed by atoms with Gasteiger partial charge in [-0.25, -0.2) is 0 Å². The van der Waals surface area contributed by atoms with Gasteiger partial charge in [0.25, 0.3) is 0 Å². The smallest absolute Gasteiger partial charge is 0.00945 e. The lowest BCUT2D eigenvalue weighted by Crippen LogP contribution is -2.34. The van der Waals surface area contributed by atoms with E-state index in [1.165, 1.54) is 57.8 Å². The van der Waals surface area contributed by atoms with Gasteiger partial charge in [-0.15, -0.1) is 0 Å². The Morgan fingerprint density at radius 2 is 1.06 bits per heavy atom. The minimum Gasteiger partial charge on any atom is -0.0971 e. The fraction of sp³-hybridized carbons (Fsp3) is 0.613. The number of benzene rings is 2. The van der Waals surface area contributed by atoms with E-state index < -0.39 is 0 Å². The lowest BCUT2D eigenvalue weighted by atomic mass is 9.99. The molecule has 3 fully saturated rings. The molecule has 1 unspecified atom stereocenters. The molecule has 0 N–H and O–H groups in total. The summed E-state index contributed by atoms with van der Waals surface area (Å²) in [5, 5.41) is 3.23. The molecule has 0 saturated heterocycles. The van der Waals surface area contributed by atoms with Gasteiger partial charge in [-0.3, -0.25) is 0 Å². The second kappa shape index (κ2) is 11.8. The van der Waals surface area contributed by atoms with Crippen LogP contribution in [0.25, 0.3) is 0 Å². The lowest BCUT2D eigenvalue weighted by molar-refractivity contribution is 0.467. The zero-order valence-electron chi connectivity index (χ0n) is 20.7. The Bertz CT molecular complexity index is 765. The van der Waals surface area contributed by atoms with Crippen LogP contribution in [0.15, 0.2) is 60.7 Å². The summed E-state index contributed by atoms with van der Waals surface area (Å²) < 4.78 is 0. The first-order chi connectivity index (χ1) is 16.3. The molecule has 33 heavy (non-hydrogen) atoms. The van der Waals surface area contributed by atoms with E-state index in [1.54, 1.807) is 36.3 Å². The first kappa shape index (κ1) is 24.0. The second-order valence-corrected chi connectivity index (χ2v) is 16.6. The highest BCUT2D eigenvalue weighted by Gasteiger charge is 2.44. The zero-order valence-corrected chi connectivity index (χ0v) is 22.5. The number of hydrogen-bond acceptors (Lipinski definition) is 0. The maximum absolute atomic E-state index is 2.75. The summed E-state index contributed by atoms with van der Waals surface area (Å²) in [4.78, 5) is 0. The lowest BCUT2D eigenvalue weighted by Gasteiger charge is -2.46. The Kier molecular flexibility index (Phi) is 8.60. The fourth-order valence-electron chi connectivity index (χ4n) is 7.50. The first-order valence-electron chi connectivity index (χ1n) is 14.0. The molecular weight excluding hydrogens is 434 g/mol. The van der Waals surface area contributed by atoms with Gasteiger partial charge >= 0.3 is 0 Å². The van der Waals surface area contributed by atoms with E-state index in [4.69, 9.17) is 0 Å². The summed E-state index contributed by atoms with van der Waals surface area (Å²) in [6, 6.07) is 23.2. The molecule has 0 radical (unpaired) electrons. The first-order valence-corrected chi connectivity index (χ1v) is 17.0. The van der Waals surface area contributed by atoms with Gasteiger partial charge < -0.3 is 0 Å². The monoisotopic (exact) mass is 478 g/mol. The summed E-state index contributed by atoms with van der Waals surface area (Å²) in [5.41, 5.74) is 3.98. The topological polar surface area (TPSA) is 0 Å². The van der Waals surface area contributed by atoms with Gasteiger partial charge in [0.1, 0.15) is 0 Å². The van der Waals surface area contributed by atoms with Gasteiger partial charge in [0.15, 0.2) is 0 Å². The van der Waals surface area contributed by atoms with Crippen LogP contribution in [0.1, 0.15) is 90.4 Å². The molecular formula is C31H44P2. The van der Waals surface area contributed by atoms with Crippen molar-refractivity contribution in [3.05, 3.63) is 60.7 Å². The van der Waals surface area contributed by atoms with Crippen LogP contribution in [0.4, 0.5) is 0 Å². The van der Waals surface area contributed by atoms with Crippen molar-refractivity contribution in [1.82, 2.24) is 0 Å². The Morgan fingerprint density at radius 1 is 0.576 bits per heavy atom. The average Bonchev–Trinajstić information content (AvgIpc) is 3.36. The van der Waals surface area contributed by atoms with Crippen LogP contribution in [0.2, 0.25) is 0 Å². The fourth-order valence-corrected chi connectivity index (χ4v) is 15.6. The van der Waals surface area contributed by atoms with Gasteiger partial charge in [0.05, 0.1) is 0 Å². The van der Waals surface area contributed by atoms with E-state index >= 15 is 0 Å². The van der Waals surface area contributed by atoms with Gasteiger partial charge in [-0.05, 0) is 85.6 Å². The molecule has 2 aromatic rings. The summed E-state index contributed by atoms with van der Waals surface area (Å²) in [5.74, 6) is 0.937. The Balaban J connectivity index is 1.45. The van der Waals surface area contributed by atoms with Crippen LogP contribution in [0.3, 0.4) is 0 Å². The highest BCUT2D eigenvalue weighted by Crippen LogP contribution is 2.64. The van der Waals surface area contributed by atoms with Gasteiger partial charge in [0.2, 0.25) is 0 Å². The van der Waals surface area contributed by atoms with E-state index in [0.717, 1.165) is 28.6 Å². The molecule has 0 heterocycles. The van der Waals surface area contributed by atoms with Gasteiger partial charge in [-0.1, -0.05) is 120 Å². The molecule has 0 spiro atoms. The highest BCUT2D eigenvalue weighted by molar-refractivity contribution is 7.73. The van der Waals surface area contributed by atoms with Crippen molar-refractivity contribution >= 4 is 26.5 Å². The average molecular weight is 479 g/mol. The largest absolute Gasteiger partial charge is 0.0971 e. The van der Waals surface area contributed by atoms with Crippen molar-refractivity contribution in [1.29, 1.82) is 0 Å². The molecule has 0 aromatic heterocycles. The van der Waals surface area contributed by atoms with E-state index in [2.05, 4.69) is 67.6 Å². The van der Waals surface area contributed by atoms with Crippen LogP contribution >= 0.6 is 15.8 Å². The molecule has 0 bridgehead atoms. The molecule has 178 valence electrons. The van der Waals surface area contributed by atoms with Crippen LogP contribution in [-0.2, 0) is 0 Å². The van der Waals surface area contributed by atoms with E-state index in [9.17, 15) is 0 Å². The van der Waals surface area contributed by atoms with E-state index in [0.29, 0.717) is 0 Å². The summed E-state index contributed by atoms with van der Waals surface area (Å²) in [7, 11) is -0.121. The quantitative estimate of drug-likeness (QED) is 0.349. The zero-order chi connectivity index (χ0) is 22.5. The third-order valence-electron chi connectivity index (χ3n) is 9.01. The SMILES string of the molecule is C[C@@H](C1CCC[C@@H]1P(c1ccccc1)c1ccccc1)P(C1CCCCC1)C1CCCCC1. The predicted molar refractivity (Wildman–Crippen MR) is 150 cm³/mol. The Morgan fingerprint density at radius 3 is 1.55 bits per heavy atom. The second-order valence-electron chi connectivity index (χ2n) is 11.0. The van der Waals surface area contributed by atoms with Crippen molar-refractivity contribution in [2.75, 3.05) is 0 Å². The molecule has 2 aromatic carbocycles. The molecule has 3 saturated carbocycles. The van der Waals surface area contributed by atoms with Crippen LogP contribution in [-0.4, -0.2) is 22.6 Å². The molecule has 5 rings (SSSR count). The molecule has 0 aliphatic heterocycles. The van der Waals surface area contributed by atoms with Crippen LogP contribution in [0.5, 0.6) is 0 Å². The molecule has 0 amide bonds. The maximum atomic E-state index is 2.75. The number of hydrogen-bond donors (Lipinski definition) is 0. The Labute approximate surface area is 205 Å². The van der Waals surface area contributed by atoms with Gasteiger partial charge in [0, 0.05) is 0 Å². The highest BCUT2D eigenvalue weighted by atomic mass is 31.1. The molecule has 3 aliphatic carbocycles. The normalized spacial score (nSPS) is 26.2. The van der Waals surface area contributed by atoms with Gasteiger partial charge in [-0.2, -0.15) is 0 Å². The third kappa shape index (κ3) is 5.60. The predicted octanol–water partition coefficient (Wildman–Crippen LogP) is 8.82. The number of rotatable bonds is 7. The molecule has 2 heteroatoms. The van der Waals surface area contributed by atoms with E-state index in [1.807, 2.05) is 0 Å². The maximum Gasteiger partial charge on any atom is -0.00945 e. The van der Waals surface area contributed by atoms with Crippen molar-refractivity contribution in [3.63, 3.8) is 0 Å². The van der Waals surface area contributed by atoms with Crippen molar-refractivity contribution in [2.24, 2.45) is 5.92 Å². The molecule has 0 nitrogen and oxygen atoms in total. The molecule has 3 atom stereocenters. The van der Waals surface area contributed by atoms with Crippen LogP contribution < -0.4 is 10.6 Å². The standard InChI is InChI=1S/C31H44P2/c1-25(32(26-15-6-2-7-16-26)27-17-8-3-9-18-27)30-23-14-24-31(30)33(28-19-10-4-11-20-28)29-21-12-5-13-22-29/h4-5,10-13,19-22,25-27,30-31H,2-3,6-9,14-18,23-24H2,1H3/t25-,30?,31-/m0/s1. The summed E-state index contributed by atoms with van der Waals surface area (Å²) in [6.07, 6.45) is 19.6.